The van der Waals surface area contributed by atoms with Crippen molar-refractivity contribution < 1.29 is 67.1 Å². The summed E-state index contributed by atoms with van der Waals surface area (Å²) in [6.07, 6.45) is 9.14. The molecular formula is C42H54N3O14S4+. The summed E-state index contributed by atoms with van der Waals surface area (Å²) in [5, 5.41) is 11.8. The molecule has 3 heterocycles. The highest BCUT2D eigenvalue weighted by molar-refractivity contribution is 7.86. The second kappa shape index (κ2) is 19.0. The summed E-state index contributed by atoms with van der Waals surface area (Å²) in [6.45, 7) is 17.8. The van der Waals surface area contributed by atoms with Crippen molar-refractivity contribution in [3.8, 4) is 0 Å². The molecule has 0 spiro atoms. The molecule has 3 aliphatic heterocycles. The van der Waals surface area contributed by atoms with Gasteiger partial charge in [0.2, 0.25) is 5.69 Å². The predicted molar refractivity (Wildman–Crippen MR) is 240 cm³/mol. The van der Waals surface area contributed by atoms with Gasteiger partial charge in [-0.25, -0.2) is 4.79 Å². The number of anilines is 1. The van der Waals surface area contributed by atoms with Crippen LogP contribution in [-0.4, -0.2) is 97.1 Å². The lowest BCUT2D eigenvalue weighted by Gasteiger charge is -2.31. The van der Waals surface area contributed by atoms with Gasteiger partial charge in [0.25, 0.3) is 20.2 Å². The average molecular weight is 953 g/mol. The zero-order valence-corrected chi connectivity index (χ0v) is 39.4. The van der Waals surface area contributed by atoms with Crippen molar-refractivity contribution in [2.24, 2.45) is 4.99 Å². The molecule has 0 aromatic heterocycles. The number of nitrogens with zero attached hydrogens (tertiary/aromatic N) is 3. The van der Waals surface area contributed by atoms with Crippen molar-refractivity contribution >= 4 is 86.7 Å². The molecule has 1 unspecified atom stereocenters. The van der Waals surface area contributed by atoms with Crippen molar-refractivity contribution in [3.05, 3.63) is 82.6 Å². The fourth-order valence-electron chi connectivity index (χ4n) is 8.97. The minimum Gasteiger partial charge on any atom is -0.478 e. The molecule has 0 fully saturated rings. The monoisotopic (exact) mass is 952 g/mol. The van der Waals surface area contributed by atoms with Crippen LogP contribution in [0.15, 0.2) is 70.2 Å². The first kappa shape index (κ1) is 50.7. The Bertz CT molecular complexity index is 2920. The Balaban J connectivity index is 0.00000112. The molecular weight excluding hydrogens is 899 g/mol. The number of unbranched alkanes of at least 4 members (excludes halogenated alkanes) is 1. The number of aliphatic imine (C=N–C) groups is 1. The summed E-state index contributed by atoms with van der Waals surface area (Å²) < 4.78 is 121. The SMILES string of the molecule is CCCCN1C(=CC=CC2=[N+](CCC)c3cc(C(=O)O)c4c(c3C2(C)C)N=C(C)C4(C)C)C(C)(CCCS(=O)(=O)O)c2c1ccc1ccc(S(=O)(=O)O)cc21.O=S(=O)=O.O=S(=O)=O.[HH]. The van der Waals surface area contributed by atoms with E-state index >= 15 is 0 Å². The molecule has 6 rings (SSSR count). The number of rotatable bonds is 13. The van der Waals surface area contributed by atoms with Crippen molar-refractivity contribution in [2.45, 2.75) is 109 Å². The van der Waals surface area contributed by atoms with Gasteiger partial charge >= 0.3 is 27.2 Å². The lowest BCUT2D eigenvalue weighted by Crippen LogP contribution is -2.30. The van der Waals surface area contributed by atoms with Crippen molar-refractivity contribution in [2.75, 3.05) is 23.7 Å². The van der Waals surface area contributed by atoms with Gasteiger partial charge in [-0.15, -0.1) is 25.3 Å². The maximum atomic E-state index is 12.7. The highest BCUT2D eigenvalue weighted by Gasteiger charge is 2.51. The summed E-state index contributed by atoms with van der Waals surface area (Å²) in [4.78, 5) is 19.7. The number of hydrogen-bond donors (Lipinski definition) is 3. The van der Waals surface area contributed by atoms with E-state index in [0.29, 0.717) is 24.9 Å². The van der Waals surface area contributed by atoms with Crippen LogP contribution in [-0.2, 0) is 57.7 Å². The van der Waals surface area contributed by atoms with Gasteiger partial charge in [0.05, 0.1) is 32.9 Å². The Labute approximate surface area is 372 Å². The van der Waals surface area contributed by atoms with Gasteiger partial charge in [-0.2, -0.15) is 21.4 Å². The van der Waals surface area contributed by atoms with Crippen LogP contribution < -0.4 is 4.90 Å². The number of aromatic carboxylic acids is 1. The highest BCUT2D eigenvalue weighted by atomic mass is 32.2. The largest absolute Gasteiger partial charge is 0.478 e. The lowest BCUT2D eigenvalue weighted by molar-refractivity contribution is -0.437. The minimum absolute atomic E-state index is 0. The first-order chi connectivity index (χ1) is 29.1. The van der Waals surface area contributed by atoms with Crippen LogP contribution in [0.3, 0.4) is 0 Å². The van der Waals surface area contributed by atoms with Gasteiger partial charge in [0.1, 0.15) is 6.54 Å². The van der Waals surface area contributed by atoms with E-state index in [-0.39, 0.29) is 18.3 Å². The van der Waals surface area contributed by atoms with Crippen LogP contribution in [0.1, 0.15) is 116 Å². The summed E-state index contributed by atoms with van der Waals surface area (Å²) in [5.74, 6) is -1.42. The second-order valence-corrected chi connectivity index (χ2v) is 20.5. The zero-order valence-electron chi connectivity index (χ0n) is 36.2. The van der Waals surface area contributed by atoms with E-state index in [1.807, 2.05) is 52.0 Å². The lowest BCUT2D eigenvalue weighted by atomic mass is 9.74. The molecule has 0 amide bonds. The molecule has 21 heteroatoms. The van der Waals surface area contributed by atoms with E-state index < -0.39 is 69.4 Å². The van der Waals surface area contributed by atoms with Crippen LogP contribution in [0.5, 0.6) is 0 Å². The van der Waals surface area contributed by atoms with E-state index in [4.69, 9.17) is 30.2 Å². The Kier molecular flexibility index (Phi) is 15.3. The fourth-order valence-corrected chi connectivity index (χ4v) is 9.99. The van der Waals surface area contributed by atoms with Crippen LogP contribution >= 0.6 is 0 Å². The average Bonchev–Trinajstić information content (AvgIpc) is 3.62. The Morgan fingerprint density at radius 1 is 0.857 bits per heavy atom. The summed E-state index contributed by atoms with van der Waals surface area (Å²) in [7, 11) is -15.0. The molecule has 0 aliphatic carbocycles. The first-order valence-corrected chi connectivity index (χ1v) is 25.0. The topological polar surface area (TPSA) is 267 Å². The highest BCUT2D eigenvalue weighted by Crippen LogP contribution is 2.55. The van der Waals surface area contributed by atoms with Crippen LogP contribution in [0.4, 0.5) is 17.1 Å². The van der Waals surface area contributed by atoms with E-state index in [1.165, 1.54) is 12.1 Å². The molecule has 344 valence electrons. The smallest absolute Gasteiger partial charge is 0.425 e. The molecule has 3 N–H and O–H groups in total. The second-order valence-electron chi connectivity index (χ2n) is 16.7. The Morgan fingerprint density at radius 2 is 1.46 bits per heavy atom. The van der Waals surface area contributed by atoms with Crippen LogP contribution in [0.2, 0.25) is 0 Å². The number of hydrogen-bond acceptors (Lipinski definition) is 13. The van der Waals surface area contributed by atoms with Gasteiger partial charge < -0.3 is 10.0 Å². The van der Waals surface area contributed by atoms with Crippen molar-refractivity contribution in [1.82, 2.24) is 0 Å². The molecule has 3 aliphatic rings. The van der Waals surface area contributed by atoms with Crippen molar-refractivity contribution in [3.63, 3.8) is 0 Å². The summed E-state index contributed by atoms with van der Waals surface area (Å²) >= 11 is 0. The minimum atomic E-state index is -4.51. The number of fused-ring (bicyclic) bond motifs is 6. The van der Waals surface area contributed by atoms with Gasteiger partial charge in [0.15, 0.2) is 5.71 Å². The van der Waals surface area contributed by atoms with Crippen LogP contribution in [0.25, 0.3) is 10.8 Å². The molecule has 0 radical (unpaired) electrons. The standard InChI is InChI=1S/C42H51N3O8S2.2O3S.H2/c1-9-11-22-45-31-19-17-27-16-18-28(55(51,52)53)24-29(27)35(31)42(8,20-13-23-54(48,49)50)34(45)15-12-14-33-41(6,7)37-32(44(33)21-10-2)25-30(39(46)47)36-38(37)43-26(3)40(36,4)5;2*1-4(2)3;/h12,14-19,24-25H,9-11,13,20-23H2,1-8H3,(H2-,46,47,48,49,50,51,52,53);;;1H/p+1. The molecule has 63 heavy (non-hydrogen) atoms. The number of carboxylic acids is 1. The van der Waals surface area contributed by atoms with E-state index in [1.54, 1.807) is 12.1 Å². The van der Waals surface area contributed by atoms with E-state index in [9.17, 15) is 35.8 Å². The maximum absolute atomic E-state index is 12.7. The quantitative estimate of drug-likeness (QED) is 0.116. The number of benzene rings is 3. The van der Waals surface area contributed by atoms with Gasteiger partial charge in [-0.1, -0.05) is 52.3 Å². The fraction of sp³-hybridized carbons (Fsp3) is 0.452. The molecule has 0 saturated carbocycles. The molecule has 0 saturated heterocycles. The Morgan fingerprint density at radius 3 is 2.00 bits per heavy atom. The zero-order chi connectivity index (χ0) is 47.6. The Hall–Kier alpha value is -4.93. The number of allylic oxidation sites excluding steroid dienone is 4. The van der Waals surface area contributed by atoms with E-state index in [0.717, 1.165) is 75.5 Å². The molecule has 0 bridgehead atoms. The van der Waals surface area contributed by atoms with Gasteiger partial charge in [0, 0.05) is 60.0 Å². The van der Waals surface area contributed by atoms with Crippen LogP contribution in [0, 0.1) is 0 Å². The predicted octanol–water partition coefficient (Wildman–Crippen LogP) is 6.88. The van der Waals surface area contributed by atoms with E-state index in [2.05, 4.69) is 43.2 Å². The molecule has 1 atom stereocenters. The third-order valence-electron chi connectivity index (χ3n) is 11.9. The first-order valence-electron chi connectivity index (χ1n) is 19.9. The molecule has 3 aromatic rings. The molecule has 17 nitrogen and oxygen atoms in total. The summed E-state index contributed by atoms with van der Waals surface area (Å²) in [5.41, 5.74) is 6.04. The molecule has 3 aromatic carbocycles. The third kappa shape index (κ3) is 10.6. The van der Waals surface area contributed by atoms with Crippen molar-refractivity contribution in [1.29, 1.82) is 0 Å². The number of carbonyl (C=O) groups is 1. The number of carboxylic acid groups (broad SMARTS) is 1. The van der Waals surface area contributed by atoms with Gasteiger partial charge in [-0.3, -0.25) is 14.1 Å². The summed E-state index contributed by atoms with van der Waals surface area (Å²) in [6, 6.07) is 10.2. The van der Waals surface area contributed by atoms with Gasteiger partial charge in [-0.05, 0) is 87.6 Å². The maximum Gasteiger partial charge on any atom is 0.425 e. The normalized spacial score (nSPS) is 18.9. The third-order valence-corrected chi connectivity index (χ3v) is 13.6.